The molecule has 0 heterocycles. The fourth-order valence-corrected chi connectivity index (χ4v) is 8.60. The molecule has 2 atom stereocenters. The summed E-state index contributed by atoms with van der Waals surface area (Å²) in [5.74, 6) is -5.06. The molecule has 0 fully saturated rings. The number of hydrogen-bond acceptors (Lipinski definition) is 6. The largest absolute Gasteiger partial charge is 0.481 e. The number of benzene rings is 3. The molecule has 0 radical (unpaired) electrons. The number of unbranched alkanes of at least 4 members (excludes halogenated alkanes) is 24. The van der Waals surface area contributed by atoms with Crippen molar-refractivity contribution < 1.29 is 38.9 Å². The summed E-state index contributed by atoms with van der Waals surface area (Å²) in [6, 6.07) is 12.7. The van der Waals surface area contributed by atoms with Gasteiger partial charge in [0.2, 0.25) is 0 Å². The van der Waals surface area contributed by atoms with E-state index < -0.39 is 35.7 Å². The van der Waals surface area contributed by atoms with Gasteiger partial charge < -0.3 is 19.7 Å². The number of hydrogen-bond donors (Lipinski definition) is 2. The number of aliphatic carboxylic acids is 2. The summed E-state index contributed by atoms with van der Waals surface area (Å²) in [6.07, 6.45) is 38.5. The van der Waals surface area contributed by atoms with Crippen LogP contribution in [0.3, 0.4) is 0 Å². The Kier molecular flexibility index (Phi) is 27.9. The van der Waals surface area contributed by atoms with Crippen molar-refractivity contribution in [2.45, 2.75) is 207 Å². The lowest BCUT2D eigenvalue weighted by Crippen LogP contribution is -2.20. The normalized spacial score (nSPS) is 12.7. The number of allylic oxidation sites excluding steroid dienone is 2. The van der Waals surface area contributed by atoms with E-state index >= 15 is 0 Å². The molecule has 8 nitrogen and oxygen atoms in total. The van der Waals surface area contributed by atoms with Gasteiger partial charge in [0, 0.05) is 21.5 Å². The molecule has 8 heteroatoms. The third kappa shape index (κ3) is 20.6. The predicted octanol–water partition coefficient (Wildman–Crippen LogP) is 15.8. The van der Waals surface area contributed by atoms with Crippen LogP contribution in [0.4, 0.5) is 0 Å². The molecule has 0 bridgehead atoms. The van der Waals surface area contributed by atoms with Gasteiger partial charge in [0.05, 0.1) is 24.7 Å². The van der Waals surface area contributed by atoms with E-state index in [-0.39, 0.29) is 24.3 Å². The predicted molar refractivity (Wildman–Crippen MR) is 263 cm³/mol. The topological polar surface area (TPSA) is 127 Å². The minimum atomic E-state index is -1.09. The van der Waals surface area contributed by atoms with E-state index in [1.165, 1.54) is 128 Å². The van der Waals surface area contributed by atoms with Gasteiger partial charge in [-0.3, -0.25) is 19.2 Å². The van der Waals surface area contributed by atoms with Crippen molar-refractivity contribution in [1.82, 2.24) is 0 Å². The highest BCUT2D eigenvalue weighted by Crippen LogP contribution is 2.45. The summed E-state index contributed by atoms with van der Waals surface area (Å²) in [7, 11) is 0. The van der Waals surface area contributed by atoms with Gasteiger partial charge in [0.1, 0.15) is 11.5 Å². The number of carbonyl (C=O) groups is 4. The second-order valence-electron chi connectivity index (χ2n) is 17.9. The van der Waals surface area contributed by atoms with E-state index in [1.54, 1.807) is 42.5 Å². The van der Waals surface area contributed by atoms with Crippen LogP contribution in [0, 0.1) is 11.8 Å². The molecule has 0 aliphatic rings. The van der Waals surface area contributed by atoms with Crippen LogP contribution in [0.5, 0.6) is 11.5 Å². The maximum Gasteiger partial charge on any atom is 0.312 e. The molecule has 0 amide bonds. The lowest BCUT2D eigenvalue weighted by Gasteiger charge is -2.19. The van der Waals surface area contributed by atoms with Crippen LogP contribution in [0.25, 0.3) is 21.5 Å². The van der Waals surface area contributed by atoms with Gasteiger partial charge in [-0.25, -0.2) is 0 Å². The molecule has 354 valence electrons. The molecule has 2 unspecified atom stereocenters. The highest BCUT2D eigenvalue weighted by atomic mass is 16.5. The van der Waals surface area contributed by atoms with Crippen molar-refractivity contribution in [3.8, 4) is 11.5 Å². The van der Waals surface area contributed by atoms with Crippen LogP contribution in [0.15, 0.2) is 66.8 Å². The van der Waals surface area contributed by atoms with Gasteiger partial charge in [-0.2, -0.15) is 0 Å². The molecule has 3 aromatic carbocycles. The first-order valence-electron chi connectivity index (χ1n) is 25.4. The zero-order valence-corrected chi connectivity index (χ0v) is 39.9. The van der Waals surface area contributed by atoms with E-state index in [9.17, 15) is 29.4 Å². The fourth-order valence-electron chi connectivity index (χ4n) is 8.60. The minimum Gasteiger partial charge on any atom is -0.481 e. The van der Waals surface area contributed by atoms with Crippen LogP contribution in [-0.4, -0.2) is 34.1 Å². The molecule has 0 saturated carbocycles. The van der Waals surface area contributed by atoms with Crippen LogP contribution < -0.4 is 9.47 Å². The van der Waals surface area contributed by atoms with Crippen LogP contribution in [0.1, 0.15) is 206 Å². The van der Waals surface area contributed by atoms with Crippen molar-refractivity contribution in [2.24, 2.45) is 11.8 Å². The summed E-state index contributed by atoms with van der Waals surface area (Å²) in [5.41, 5.74) is 0.851. The van der Waals surface area contributed by atoms with Crippen LogP contribution in [-0.2, 0) is 25.6 Å². The summed E-state index contributed by atoms with van der Waals surface area (Å²) >= 11 is 0. The molecule has 0 aromatic heterocycles. The standard InChI is InChI=1S/C56H82O8/c1-4-7-9-11-13-15-17-19-21-23-25-27-29-31-36-45(55(59)60)42-50(57)63-53-47-39-33-34-40-48(47)54(52-44(6-3)38-35-41-49(52)53)64-51(58)43-46(56(61)62)37-32-30-28-26-24-22-20-18-16-14-12-10-8-5-2/h31-41,45-46H,4-30,42-43H2,1-3H3,(H,59,60)(H,61,62). The highest BCUT2D eigenvalue weighted by Gasteiger charge is 2.26. The number of ether oxygens (including phenoxy) is 2. The van der Waals surface area contributed by atoms with E-state index in [1.807, 2.05) is 31.2 Å². The van der Waals surface area contributed by atoms with Crippen molar-refractivity contribution in [3.05, 3.63) is 72.3 Å². The zero-order chi connectivity index (χ0) is 46.2. The van der Waals surface area contributed by atoms with Crippen molar-refractivity contribution in [2.75, 3.05) is 0 Å². The monoisotopic (exact) mass is 883 g/mol. The van der Waals surface area contributed by atoms with Gasteiger partial charge in [-0.1, -0.05) is 229 Å². The Bertz CT molecular complexity index is 1880. The van der Waals surface area contributed by atoms with Gasteiger partial charge in [0.25, 0.3) is 0 Å². The average Bonchev–Trinajstić information content (AvgIpc) is 3.29. The van der Waals surface area contributed by atoms with E-state index in [4.69, 9.17) is 9.47 Å². The first-order valence-corrected chi connectivity index (χ1v) is 25.4. The number of aryl methyl sites for hydroxylation is 1. The lowest BCUT2D eigenvalue weighted by molar-refractivity contribution is -0.145. The number of carbonyl (C=O) groups excluding carboxylic acids is 2. The van der Waals surface area contributed by atoms with Crippen LogP contribution >= 0.6 is 0 Å². The molecule has 64 heavy (non-hydrogen) atoms. The molecular formula is C56H82O8. The Morgan fingerprint density at radius 1 is 0.469 bits per heavy atom. The second-order valence-corrected chi connectivity index (χ2v) is 17.9. The Hall–Kier alpha value is -4.46. The minimum absolute atomic E-state index is 0.263. The third-order valence-corrected chi connectivity index (χ3v) is 12.4. The first-order chi connectivity index (χ1) is 31.2. The number of carboxylic acids is 2. The second kappa shape index (κ2) is 33.1. The van der Waals surface area contributed by atoms with Crippen molar-refractivity contribution >= 4 is 45.4 Å². The Labute approximate surface area is 385 Å². The fraction of sp³-hybridized carbons (Fsp3) is 0.607. The Morgan fingerprint density at radius 2 is 0.828 bits per heavy atom. The Morgan fingerprint density at radius 3 is 1.22 bits per heavy atom. The number of carboxylic acid groups (broad SMARTS) is 2. The number of fused-ring (bicyclic) bond motifs is 2. The molecule has 3 aromatic rings. The molecule has 0 aliphatic heterocycles. The molecular weight excluding hydrogens is 801 g/mol. The smallest absolute Gasteiger partial charge is 0.312 e. The van der Waals surface area contributed by atoms with E-state index in [0.29, 0.717) is 28.0 Å². The first kappa shape index (κ1) is 53.9. The SMILES string of the molecule is CCCCCCCCCCCCCCC=CC(CC(=O)Oc1c2ccccc2c(OC(=O)CC(C=CCCCCCCCCCCCCCC)C(=O)O)c2c(CC)cccc12)C(=O)O. The highest BCUT2D eigenvalue weighted by molar-refractivity contribution is 6.14. The van der Waals surface area contributed by atoms with Gasteiger partial charge in [0.15, 0.2) is 0 Å². The van der Waals surface area contributed by atoms with Crippen molar-refractivity contribution in [1.29, 1.82) is 0 Å². The average molecular weight is 883 g/mol. The summed E-state index contributed by atoms with van der Waals surface area (Å²) in [5, 5.41) is 22.2. The quantitative estimate of drug-likeness (QED) is 0.0193. The summed E-state index contributed by atoms with van der Waals surface area (Å²) in [4.78, 5) is 51.7. The van der Waals surface area contributed by atoms with Gasteiger partial charge in [-0.15, -0.1) is 0 Å². The van der Waals surface area contributed by atoms with Crippen molar-refractivity contribution in [3.63, 3.8) is 0 Å². The number of rotatable bonds is 37. The van der Waals surface area contributed by atoms with Gasteiger partial charge in [-0.05, 0) is 37.7 Å². The maximum atomic E-state index is 13.6. The molecule has 2 N–H and O–H groups in total. The Balaban J connectivity index is 1.59. The molecule has 0 spiro atoms. The summed E-state index contributed by atoms with van der Waals surface area (Å²) < 4.78 is 12.2. The lowest BCUT2D eigenvalue weighted by atomic mass is 9.95. The maximum absolute atomic E-state index is 13.6. The molecule has 3 rings (SSSR count). The summed E-state index contributed by atoms with van der Waals surface area (Å²) in [6.45, 7) is 6.47. The van der Waals surface area contributed by atoms with Crippen LogP contribution in [0.2, 0.25) is 0 Å². The van der Waals surface area contributed by atoms with E-state index in [0.717, 1.165) is 44.1 Å². The van der Waals surface area contributed by atoms with Gasteiger partial charge >= 0.3 is 23.9 Å². The van der Waals surface area contributed by atoms with E-state index in [2.05, 4.69) is 13.8 Å². The molecule has 0 aliphatic carbocycles. The third-order valence-electron chi connectivity index (χ3n) is 12.4. The zero-order valence-electron chi connectivity index (χ0n) is 39.9. The molecule has 0 saturated heterocycles. The number of esters is 2.